The van der Waals surface area contributed by atoms with Crippen LogP contribution < -0.4 is 14.8 Å². The van der Waals surface area contributed by atoms with Gasteiger partial charge in [0.1, 0.15) is 6.04 Å². The van der Waals surface area contributed by atoms with Crippen molar-refractivity contribution < 1.29 is 24.2 Å². The Labute approximate surface area is 148 Å². The zero-order chi connectivity index (χ0) is 18.8. The van der Waals surface area contributed by atoms with Gasteiger partial charge in [0.05, 0.1) is 13.7 Å². The van der Waals surface area contributed by atoms with Crippen molar-refractivity contribution in [3.8, 4) is 11.5 Å². The highest BCUT2D eigenvalue weighted by Crippen LogP contribution is 2.28. The van der Waals surface area contributed by atoms with Crippen LogP contribution in [0.1, 0.15) is 39.2 Å². The van der Waals surface area contributed by atoms with Gasteiger partial charge in [-0.3, -0.25) is 4.79 Å². The predicted molar refractivity (Wildman–Crippen MR) is 96.8 cm³/mol. The molecule has 6 heteroatoms. The number of hydrogen-bond donors (Lipinski definition) is 2. The zero-order valence-electron chi connectivity index (χ0n) is 15.2. The van der Waals surface area contributed by atoms with Crippen molar-refractivity contribution in [1.82, 2.24) is 5.32 Å². The van der Waals surface area contributed by atoms with Crippen molar-refractivity contribution in [2.45, 2.75) is 39.7 Å². The average Bonchev–Trinajstić information content (AvgIpc) is 2.58. The van der Waals surface area contributed by atoms with Crippen molar-refractivity contribution >= 4 is 18.0 Å². The van der Waals surface area contributed by atoms with Crippen LogP contribution in [-0.2, 0) is 9.59 Å². The molecule has 0 aliphatic heterocycles. The van der Waals surface area contributed by atoms with Crippen LogP contribution in [0.4, 0.5) is 0 Å². The molecule has 0 radical (unpaired) electrons. The summed E-state index contributed by atoms with van der Waals surface area (Å²) in [6.45, 7) is 6.19. The van der Waals surface area contributed by atoms with Crippen LogP contribution in [0.5, 0.6) is 11.5 Å². The third-order valence-electron chi connectivity index (χ3n) is 3.60. The van der Waals surface area contributed by atoms with Gasteiger partial charge in [-0.05, 0) is 36.1 Å². The van der Waals surface area contributed by atoms with Gasteiger partial charge in [-0.25, -0.2) is 4.79 Å². The topological polar surface area (TPSA) is 84.9 Å². The Bertz CT molecular complexity index is 610. The number of carboxylic acids is 1. The number of unbranched alkanes of at least 4 members (excludes halogenated alkanes) is 1. The average molecular weight is 349 g/mol. The van der Waals surface area contributed by atoms with Gasteiger partial charge in [0.25, 0.3) is 0 Å². The summed E-state index contributed by atoms with van der Waals surface area (Å²) in [6.07, 6.45) is 4.93. The third kappa shape index (κ3) is 6.87. The van der Waals surface area contributed by atoms with E-state index in [2.05, 4.69) is 12.2 Å². The van der Waals surface area contributed by atoms with E-state index in [1.807, 2.05) is 6.07 Å². The number of amides is 1. The number of methoxy groups -OCH3 is 1. The minimum atomic E-state index is -1.05. The number of benzene rings is 1. The number of carboxylic acid groups (broad SMARTS) is 1. The second-order valence-electron chi connectivity index (χ2n) is 6.01. The molecule has 6 nitrogen and oxygen atoms in total. The summed E-state index contributed by atoms with van der Waals surface area (Å²) in [7, 11) is 1.56. The molecule has 0 aliphatic carbocycles. The molecule has 0 saturated heterocycles. The van der Waals surface area contributed by atoms with Gasteiger partial charge >= 0.3 is 5.97 Å². The first-order chi connectivity index (χ1) is 11.9. The summed E-state index contributed by atoms with van der Waals surface area (Å²) >= 11 is 0. The maximum Gasteiger partial charge on any atom is 0.326 e. The fraction of sp³-hybridized carbons (Fsp3) is 0.474. The van der Waals surface area contributed by atoms with Gasteiger partial charge in [-0.2, -0.15) is 0 Å². The number of carbonyl (C=O) groups excluding carboxylic acids is 1. The molecule has 0 bridgehead atoms. The van der Waals surface area contributed by atoms with Crippen molar-refractivity contribution in [3.63, 3.8) is 0 Å². The molecule has 0 aromatic heterocycles. The van der Waals surface area contributed by atoms with Gasteiger partial charge in [-0.1, -0.05) is 33.3 Å². The summed E-state index contributed by atoms with van der Waals surface area (Å²) in [4.78, 5) is 23.0. The van der Waals surface area contributed by atoms with Gasteiger partial charge in [-0.15, -0.1) is 0 Å². The fourth-order valence-corrected chi connectivity index (χ4v) is 2.12. The third-order valence-corrected chi connectivity index (χ3v) is 3.60. The van der Waals surface area contributed by atoms with E-state index < -0.39 is 17.9 Å². The van der Waals surface area contributed by atoms with Crippen LogP contribution in [-0.4, -0.2) is 36.7 Å². The second kappa shape index (κ2) is 10.4. The standard InChI is InChI=1S/C19H27NO5/c1-5-6-11-25-15-9-7-14(12-16(15)24-4)8-10-17(21)20-18(13(2)3)19(22)23/h7-10,12-13,18H,5-6,11H2,1-4H3,(H,20,21)(H,22,23)/b10-8+. The molecule has 1 rings (SSSR count). The zero-order valence-corrected chi connectivity index (χ0v) is 15.2. The summed E-state index contributed by atoms with van der Waals surface area (Å²) in [6, 6.07) is 4.45. The lowest BCUT2D eigenvalue weighted by atomic mass is 10.0. The molecule has 0 spiro atoms. The molecule has 1 unspecified atom stereocenters. The Balaban J connectivity index is 2.76. The van der Waals surface area contributed by atoms with Gasteiger partial charge < -0.3 is 19.9 Å². The minimum absolute atomic E-state index is 0.200. The maximum atomic E-state index is 11.9. The first-order valence-corrected chi connectivity index (χ1v) is 8.41. The molecule has 1 amide bonds. The lowest BCUT2D eigenvalue weighted by Crippen LogP contribution is -2.43. The van der Waals surface area contributed by atoms with Crippen LogP contribution in [0.3, 0.4) is 0 Å². The van der Waals surface area contributed by atoms with Crippen LogP contribution in [0.25, 0.3) is 6.08 Å². The Morgan fingerprint density at radius 2 is 2.00 bits per heavy atom. The first-order valence-electron chi connectivity index (χ1n) is 8.41. The van der Waals surface area contributed by atoms with E-state index in [1.54, 1.807) is 39.2 Å². The van der Waals surface area contributed by atoms with Crippen molar-refractivity contribution in [2.24, 2.45) is 5.92 Å². The number of rotatable bonds is 10. The van der Waals surface area contributed by atoms with E-state index in [0.29, 0.717) is 18.1 Å². The normalized spacial score (nSPS) is 12.2. The Hall–Kier alpha value is -2.50. The predicted octanol–water partition coefficient (Wildman–Crippen LogP) is 3.11. The van der Waals surface area contributed by atoms with E-state index in [4.69, 9.17) is 14.6 Å². The lowest BCUT2D eigenvalue weighted by Gasteiger charge is -2.16. The number of carbonyl (C=O) groups is 2. The smallest absolute Gasteiger partial charge is 0.326 e. The van der Waals surface area contributed by atoms with Crippen LogP contribution in [0.2, 0.25) is 0 Å². The Morgan fingerprint density at radius 3 is 2.56 bits per heavy atom. The van der Waals surface area contributed by atoms with E-state index in [9.17, 15) is 9.59 Å². The summed E-state index contributed by atoms with van der Waals surface area (Å²) in [5.41, 5.74) is 0.756. The monoisotopic (exact) mass is 349 g/mol. The quantitative estimate of drug-likeness (QED) is 0.501. The molecular weight excluding hydrogens is 322 g/mol. The van der Waals surface area contributed by atoms with E-state index >= 15 is 0 Å². The largest absolute Gasteiger partial charge is 0.493 e. The molecule has 1 aromatic carbocycles. The summed E-state index contributed by atoms with van der Waals surface area (Å²) in [5.74, 6) is -0.461. The van der Waals surface area contributed by atoms with Gasteiger partial charge in [0.15, 0.2) is 11.5 Å². The van der Waals surface area contributed by atoms with Crippen LogP contribution in [0.15, 0.2) is 24.3 Å². The number of hydrogen-bond acceptors (Lipinski definition) is 4. The molecule has 0 aliphatic rings. The second-order valence-corrected chi connectivity index (χ2v) is 6.01. The summed E-state index contributed by atoms with van der Waals surface area (Å²) < 4.78 is 11.0. The molecule has 138 valence electrons. The molecular formula is C19H27NO5. The van der Waals surface area contributed by atoms with Crippen molar-refractivity contribution in [2.75, 3.05) is 13.7 Å². The Morgan fingerprint density at radius 1 is 1.28 bits per heavy atom. The Kier molecular flexibility index (Phi) is 8.53. The highest BCUT2D eigenvalue weighted by Gasteiger charge is 2.22. The van der Waals surface area contributed by atoms with E-state index in [0.717, 1.165) is 18.4 Å². The molecule has 1 atom stereocenters. The molecule has 25 heavy (non-hydrogen) atoms. The summed E-state index contributed by atoms with van der Waals surface area (Å²) in [5, 5.41) is 11.6. The molecule has 0 saturated carbocycles. The van der Waals surface area contributed by atoms with Crippen LogP contribution >= 0.6 is 0 Å². The molecule has 0 fully saturated rings. The van der Waals surface area contributed by atoms with E-state index in [1.165, 1.54) is 6.08 Å². The van der Waals surface area contributed by atoms with E-state index in [-0.39, 0.29) is 5.92 Å². The number of nitrogens with one attached hydrogen (secondary N) is 1. The minimum Gasteiger partial charge on any atom is -0.493 e. The number of ether oxygens (including phenoxy) is 2. The lowest BCUT2D eigenvalue weighted by molar-refractivity contribution is -0.142. The highest BCUT2D eigenvalue weighted by molar-refractivity contribution is 5.94. The molecule has 1 aromatic rings. The molecule has 0 heterocycles. The number of aliphatic carboxylic acids is 1. The van der Waals surface area contributed by atoms with Crippen molar-refractivity contribution in [3.05, 3.63) is 29.8 Å². The fourth-order valence-electron chi connectivity index (χ4n) is 2.12. The SMILES string of the molecule is CCCCOc1ccc(/C=C/C(=O)NC(C(=O)O)C(C)C)cc1OC. The van der Waals surface area contributed by atoms with Crippen molar-refractivity contribution in [1.29, 1.82) is 0 Å². The molecule has 2 N–H and O–H groups in total. The van der Waals surface area contributed by atoms with Gasteiger partial charge in [0.2, 0.25) is 5.91 Å². The maximum absolute atomic E-state index is 11.9. The highest BCUT2D eigenvalue weighted by atomic mass is 16.5. The van der Waals surface area contributed by atoms with Crippen LogP contribution in [0, 0.1) is 5.92 Å². The van der Waals surface area contributed by atoms with Gasteiger partial charge in [0, 0.05) is 6.08 Å². The first kappa shape index (κ1) is 20.5.